The maximum Gasteiger partial charge on any atom is 0.331 e. The molecule has 0 spiro atoms. The van der Waals surface area contributed by atoms with Crippen LogP contribution in [0, 0.1) is 0 Å². The zero-order valence-electron chi connectivity index (χ0n) is 29.2. The standard InChI is InChI=1S/C36H42O18/c1-16-25(42)27(44)29(46)33(49-16)52-31-32(53-34-30(47)28(45)26(43)17(2)50-34)36(3,54-24(41)11-7-18-4-8-20(38)9-5-18)23(15-37)51-35(31)48-13-12-19-6-10-21(39)22(40)14-19/h4-11,14,16-17,23,25-26,33-35,37-40,42-47H,12-13,15H2,1-3H3/b11-7+/t16?,17?,23?,25-,26-,33-,34?,35+,36?/m0/s1. The summed E-state index contributed by atoms with van der Waals surface area (Å²) in [6.45, 7) is 2.85. The fourth-order valence-electron chi connectivity index (χ4n) is 5.61. The highest BCUT2D eigenvalue weighted by Crippen LogP contribution is 2.43. The van der Waals surface area contributed by atoms with E-state index in [1.54, 1.807) is 0 Å². The van der Waals surface area contributed by atoms with Crippen molar-refractivity contribution in [3.63, 3.8) is 0 Å². The molecule has 9 atom stereocenters. The first kappa shape index (κ1) is 40.0. The van der Waals surface area contributed by atoms with Crippen LogP contribution in [0.2, 0.25) is 0 Å². The Morgan fingerprint density at radius 2 is 1.37 bits per heavy atom. The number of hydrogen-bond donors (Lipinski definition) is 10. The van der Waals surface area contributed by atoms with E-state index < -0.39 is 108 Å². The number of aliphatic hydroxyl groups is 7. The molecular formula is C36H42O18. The topological polar surface area (TPSA) is 284 Å². The van der Waals surface area contributed by atoms with E-state index >= 15 is 0 Å². The smallest absolute Gasteiger partial charge is 0.331 e. The molecule has 18 heteroatoms. The van der Waals surface area contributed by atoms with Gasteiger partial charge in [-0.2, -0.15) is 0 Å². The lowest BCUT2D eigenvalue weighted by Crippen LogP contribution is -2.57. The second-order valence-electron chi connectivity index (χ2n) is 12.7. The Morgan fingerprint density at radius 1 is 0.778 bits per heavy atom. The molecule has 0 aromatic heterocycles. The molecule has 294 valence electrons. The van der Waals surface area contributed by atoms with Gasteiger partial charge in [-0.05, 0) is 68.7 Å². The minimum atomic E-state index is -2.23. The third-order valence-electron chi connectivity index (χ3n) is 8.83. The number of carbonyl (C=O) groups is 1. The second kappa shape index (κ2) is 16.4. The number of hydrogen-bond acceptors (Lipinski definition) is 18. The highest BCUT2D eigenvalue weighted by molar-refractivity contribution is 5.87. The van der Waals surface area contributed by atoms with Gasteiger partial charge in [0.1, 0.15) is 24.1 Å². The van der Waals surface area contributed by atoms with Crippen LogP contribution in [-0.4, -0.2) is 125 Å². The largest absolute Gasteiger partial charge is 0.508 e. The van der Waals surface area contributed by atoms with Gasteiger partial charge in [0.05, 0.1) is 25.4 Å². The molecule has 3 heterocycles. The Morgan fingerprint density at radius 3 is 1.94 bits per heavy atom. The monoisotopic (exact) mass is 762 g/mol. The summed E-state index contributed by atoms with van der Waals surface area (Å²) in [5.41, 5.74) is -1.25. The zero-order chi connectivity index (χ0) is 39.5. The van der Waals surface area contributed by atoms with Crippen molar-refractivity contribution in [2.45, 2.75) is 82.2 Å². The lowest BCUT2D eigenvalue weighted by atomic mass is 9.92. The van der Waals surface area contributed by atoms with Gasteiger partial charge in [0.2, 0.25) is 17.8 Å². The Kier molecular flexibility index (Phi) is 12.2. The van der Waals surface area contributed by atoms with Crippen LogP contribution in [0.25, 0.3) is 6.08 Å². The minimum absolute atomic E-state index is 0.0139. The van der Waals surface area contributed by atoms with E-state index in [9.17, 15) is 55.9 Å². The van der Waals surface area contributed by atoms with Crippen molar-refractivity contribution in [3.8, 4) is 17.2 Å². The first-order valence-corrected chi connectivity index (χ1v) is 16.6. The van der Waals surface area contributed by atoms with Crippen LogP contribution in [-0.2, 0) is 44.4 Å². The average Bonchev–Trinajstić information content (AvgIpc) is 3.14. The first-order chi connectivity index (χ1) is 25.5. The summed E-state index contributed by atoms with van der Waals surface area (Å²) in [7, 11) is 0. The number of esters is 1. The van der Waals surface area contributed by atoms with E-state index in [1.165, 1.54) is 69.3 Å². The number of rotatable bonds is 12. The number of ether oxygens (including phenoxy) is 7. The summed E-state index contributed by atoms with van der Waals surface area (Å²) in [4.78, 5) is 13.4. The summed E-state index contributed by atoms with van der Waals surface area (Å²) in [6, 6.07) is 9.85. The molecule has 0 fully saturated rings. The van der Waals surface area contributed by atoms with Crippen molar-refractivity contribution in [1.82, 2.24) is 0 Å². The molecule has 0 saturated carbocycles. The molecule has 0 aliphatic carbocycles. The Bertz CT molecular complexity index is 1800. The van der Waals surface area contributed by atoms with Gasteiger partial charge in [-0.1, -0.05) is 18.2 Å². The molecule has 3 aliphatic rings. The van der Waals surface area contributed by atoms with E-state index in [0.717, 1.165) is 6.08 Å². The van der Waals surface area contributed by atoms with E-state index in [0.29, 0.717) is 11.1 Å². The number of phenolic OH excluding ortho intramolecular Hbond substituents is 3. The van der Waals surface area contributed by atoms with Crippen molar-refractivity contribution in [2.24, 2.45) is 0 Å². The van der Waals surface area contributed by atoms with E-state index in [-0.39, 0.29) is 24.5 Å². The number of phenols is 3. The van der Waals surface area contributed by atoms with Crippen LogP contribution in [0.15, 0.2) is 83.1 Å². The van der Waals surface area contributed by atoms with E-state index in [4.69, 9.17) is 33.2 Å². The van der Waals surface area contributed by atoms with Gasteiger partial charge in [-0.15, -0.1) is 0 Å². The number of aromatic hydroxyl groups is 3. The van der Waals surface area contributed by atoms with Gasteiger partial charge in [0, 0.05) is 6.08 Å². The molecule has 2 aromatic carbocycles. The van der Waals surface area contributed by atoms with Crippen molar-refractivity contribution < 1.29 is 89.0 Å². The summed E-state index contributed by atoms with van der Waals surface area (Å²) in [6.07, 6.45) is -10.3. The molecule has 2 aromatic rings. The van der Waals surface area contributed by atoms with Gasteiger partial charge in [0.25, 0.3) is 12.6 Å². The fourth-order valence-corrected chi connectivity index (χ4v) is 5.61. The Balaban J connectivity index is 1.61. The van der Waals surface area contributed by atoms with Crippen molar-refractivity contribution in [3.05, 3.63) is 94.2 Å². The normalized spacial score (nSPS) is 30.5. The van der Waals surface area contributed by atoms with Gasteiger partial charge in [-0.3, -0.25) is 0 Å². The van der Waals surface area contributed by atoms with Gasteiger partial charge in [-0.25, -0.2) is 4.79 Å². The van der Waals surface area contributed by atoms with Gasteiger partial charge < -0.3 is 84.2 Å². The molecule has 5 rings (SSSR count). The summed E-state index contributed by atoms with van der Waals surface area (Å²) in [5.74, 6) is -6.73. The first-order valence-electron chi connectivity index (χ1n) is 16.6. The molecule has 5 unspecified atom stereocenters. The molecule has 3 aliphatic heterocycles. The quantitative estimate of drug-likeness (QED) is 0.0843. The highest BCUT2D eigenvalue weighted by Gasteiger charge is 2.55. The fraction of sp³-hybridized carbons (Fsp3) is 0.417. The molecule has 18 nitrogen and oxygen atoms in total. The van der Waals surface area contributed by atoms with Gasteiger partial charge >= 0.3 is 5.97 Å². The summed E-state index contributed by atoms with van der Waals surface area (Å²) < 4.78 is 41.2. The SMILES string of the molecule is CC1OC(OC2=C(O[C@@H]3OC(C)[C@H](O)C(O)=C3O)[C@H](OCCc3ccc(O)c(O)c3)OC(CO)C2(C)OC(=O)/C=C/c2ccc(O)cc2)C(O)=C(O)[C@H]1O. The van der Waals surface area contributed by atoms with Crippen LogP contribution in [0.4, 0.5) is 0 Å². The molecule has 54 heavy (non-hydrogen) atoms. The van der Waals surface area contributed by atoms with Crippen LogP contribution < -0.4 is 0 Å². The molecule has 0 radical (unpaired) electrons. The predicted octanol–water partition coefficient (Wildman–Crippen LogP) is 2.21. The molecule has 0 saturated heterocycles. The maximum absolute atomic E-state index is 13.4. The summed E-state index contributed by atoms with van der Waals surface area (Å²) >= 11 is 0. The second-order valence-corrected chi connectivity index (χ2v) is 12.7. The predicted molar refractivity (Wildman–Crippen MR) is 181 cm³/mol. The van der Waals surface area contributed by atoms with Crippen molar-refractivity contribution >= 4 is 12.0 Å². The molecular weight excluding hydrogens is 720 g/mol. The Labute approximate surface area is 307 Å². The third-order valence-corrected chi connectivity index (χ3v) is 8.83. The lowest BCUT2D eigenvalue weighted by molar-refractivity contribution is -0.276. The van der Waals surface area contributed by atoms with Crippen molar-refractivity contribution in [2.75, 3.05) is 13.2 Å². The van der Waals surface area contributed by atoms with Gasteiger partial charge in [0.15, 0.2) is 40.1 Å². The summed E-state index contributed by atoms with van der Waals surface area (Å²) in [5, 5.41) is 103. The van der Waals surface area contributed by atoms with Crippen molar-refractivity contribution in [1.29, 1.82) is 0 Å². The van der Waals surface area contributed by atoms with Crippen LogP contribution in [0.1, 0.15) is 31.9 Å². The average molecular weight is 763 g/mol. The Hall–Kier alpha value is -5.21. The molecule has 0 amide bonds. The van der Waals surface area contributed by atoms with Crippen LogP contribution in [0.5, 0.6) is 17.2 Å². The minimum Gasteiger partial charge on any atom is -0.508 e. The molecule has 0 bridgehead atoms. The number of aliphatic hydroxyl groups excluding tert-OH is 7. The highest BCUT2D eigenvalue weighted by atomic mass is 16.8. The maximum atomic E-state index is 13.4. The van der Waals surface area contributed by atoms with Crippen LogP contribution >= 0.6 is 0 Å². The molecule has 10 N–H and O–H groups in total. The lowest BCUT2D eigenvalue weighted by Gasteiger charge is -2.45. The van der Waals surface area contributed by atoms with E-state index in [2.05, 4.69) is 0 Å². The zero-order valence-corrected chi connectivity index (χ0v) is 29.2. The number of carbonyl (C=O) groups excluding carboxylic acids is 1. The number of benzene rings is 2. The van der Waals surface area contributed by atoms with Crippen LogP contribution in [0.3, 0.4) is 0 Å². The third kappa shape index (κ3) is 8.44. The van der Waals surface area contributed by atoms with E-state index in [1.807, 2.05) is 0 Å².